The van der Waals surface area contributed by atoms with E-state index >= 15 is 0 Å². The Morgan fingerprint density at radius 2 is 1.96 bits per heavy atom. The first-order valence-electron chi connectivity index (χ1n) is 7.87. The van der Waals surface area contributed by atoms with Crippen LogP contribution in [0.3, 0.4) is 0 Å². The average molecular weight is 390 g/mol. The maximum absolute atomic E-state index is 12.1. The van der Waals surface area contributed by atoms with Crippen molar-refractivity contribution in [2.75, 3.05) is 6.54 Å². The number of halogens is 1. The van der Waals surface area contributed by atoms with Gasteiger partial charge in [0.15, 0.2) is 5.69 Å². The van der Waals surface area contributed by atoms with Crippen LogP contribution in [0, 0.1) is 0 Å². The Balaban J connectivity index is 1.47. The summed E-state index contributed by atoms with van der Waals surface area (Å²) in [4.78, 5) is 25.2. The summed E-state index contributed by atoms with van der Waals surface area (Å²) >= 11 is 7.56. The minimum atomic E-state index is -0.287. The molecule has 7 nitrogen and oxygen atoms in total. The van der Waals surface area contributed by atoms with Crippen LogP contribution in [0.5, 0.6) is 0 Å². The Bertz CT molecular complexity index is 894. The average Bonchev–Trinajstić information content (AvgIpc) is 3.32. The Labute approximate surface area is 159 Å². The number of carbonyl (C=O) groups excluding carboxylic acids is 2. The number of thiophene rings is 1. The van der Waals surface area contributed by atoms with E-state index in [9.17, 15) is 9.59 Å². The van der Waals surface area contributed by atoms with E-state index in [1.807, 2.05) is 17.5 Å². The van der Waals surface area contributed by atoms with Crippen molar-refractivity contribution in [3.8, 4) is 0 Å². The summed E-state index contributed by atoms with van der Waals surface area (Å²) in [5.41, 5.74) is 0.653. The Morgan fingerprint density at radius 3 is 2.73 bits per heavy atom. The van der Waals surface area contributed by atoms with Crippen LogP contribution in [0.15, 0.2) is 48.0 Å². The topological polar surface area (TPSA) is 88.9 Å². The third kappa shape index (κ3) is 4.68. The number of rotatable bonds is 7. The first kappa shape index (κ1) is 18.1. The number of benzene rings is 1. The van der Waals surface area contributed by atoms with Crippen molar-refractivity contribution in [3.05, 3.63) is 69.1 Å². The number of carbonyl (C=O) groups is 2. The molecule has 3 aromatic rings. The zero-order chi connectivity index (χ0) is 18.4. The molecule has 0 fully saturated rings. The van der Waals surface area contributed by atoms with Crippen LogP contribution in [0.25, 0.3) is 0 Å². The third-order valence-corrected chi connectivity index (χ3v) is 4.73. The highest BCUT2D eigenvalue weighted by molar-refractivity contribution is 7.09. The molecule has 2 heterocycles. The maximum Gasteiger partial charge on any atom is 0.273 e. The minimum absolute atomic E-state index is 0.235. The summed E-state index contributed by atoms with van der Waals surface area (Å²) in [6.07, 6.45) is 1.55. The SMILES string of the molecule is O=C(NCc1cccs1)c1cn(CCNC(=O)c2ccccc2Cl)nn1. The van der Waals surface area contributed by atoms with Gasteiger partial charge in [0, 0.05) is 11.4 Å². The van der Waals surface area contributed by atoms with Crippen LogP contribution in [0.4, 0.5) is 0 Å². The van der Waals surface area contributed by atoms with Crippen molar-refractivity contribution in [3.63, 3.8) is 0 Å². The molecule has 0 aliphatic heterocycles. The van der Waals surface area contributed by atoms with Gasteiger partial charge in [-0.2, -0.15) is 0 Å². The molecule has 2 aromatic heterocycles. The lowest BCUT2D eigenvalue weighted by Crippen LogP contribution is -2.27. The van der Waals surface area contributed by atoms with Crippen LogP contribution < -0.4 is 10.6 Å². The fourth-order valence-corrected chi connectivity index (χ4v) is 3.07. The van der Waals surface area contributed by atoms with Crippen molar-refractivity contribution in [1.29, 1.82) is 0 Å². The van der Waals surface area contributed by atoms with Crippen molar-refractivity contribution < 1.29 is 9.59 Å². The summed E-state index contributed by atoms with van der Waals surface area (Å²) in [5, 5.41) is 15.7. The number of nitrogens with zero attached hydrogens (tertiary/aromatic N) is 3. The Morgan fingerprint density at radius 1 is 1.12 bits per heavy atom. The molecule has 0 aliphatic rings. The molecule has 0 radical (unpaired) electrons. The van der Waals surface area contributed by atoms with Gasteiger partial charge in [0.1, 0.15) is 0 Å². The van der Waals surface area contributed by atoms with Crippen LogP contribution in [-0.2, 0) is 13.1 Å². The lowest BCUT2D eigenvalue weighted by molar-refractivity contribution is 0.0939. The molecule has 0 unspecified atom stereocenters. The third-order valence-electron chi connectivity index (χ3n) is 3.52. The summed E-state index contributed by atoms with van der Waals surface area (Å²) in [6, 6.07) is 10.7. The van der Waals surface area contributed by atoms with Crippen LogP contribution in [0.1, 0.15) is 25.7 Å². The number of hydrogen-bond donors (Lipinski definition) is 2. The zero-order valence-corrected chi connectivity index (χ0v) is 15.3. The first-order chi connectivity index (χ1) is 12.6. The van der Waals surface area contributed by atoms with Gasteiger partial charge in [-0.05, 0) is 23.6 Å². The quantitative estimate of drug-likeness (QED) is 0.649. The fraction of sp³-hybridized carbons (Fsp3) is 0.176. The van der Waals surface area contributed by atoms with Gasteiger partial charge in [-0.3, -0.25) is 9.59 Å². The number of hydrogen-bond acceptors (Lipinski definition) is 5. The molecule has 134 valence electrons. The smallest absolute Gasteiger partial charge is 0.273 e. The molecule has 0 aliphatic carbocycles. The van der Waals surface area contributed by atoms with Crippen molar-refractivity contribution >= 4 is 34.8 Å². The molecule has 2 amide bonds. The van der Waals surface area contributed by atoms with Gasteiger partial charge in [0.05, 0.1) is 29.9 Å². The summed E-state index contributed by atoms with van der Waals surface area (Å²) in [7, 11) is 0. The second-order valence-electron chi connectivity index (χ2n) is 5.36. The standard InChI is InChI=1S/C17H16ClN5O2S/c18-14-6-2-1-5-13(14)16(24)19-7-8-23-11-15(21-22-23)17(25)20-10-12-4-3-9-26-12/h1-6,9,11H,7-8,10H2,(H,19,24)(H,20,25). The lowest BCUT2D eigenvalue weighted by Gasteiger charge is -2.06. The number of nitrogens with one attached hydrogen (secondary N) is 2. The van der Waals surface area contributed by atoms with E-state index in [4.69, 9.17) is 11.6 Å². The molecule has 0 atom stereocenters. The van der Waals surface area contributed by atoms with Gasteiger partial charge in [0.2, 0.25) is 0 Å². The second kappa shape index (κ2) is 8.59. The van der Waals surface area contributed by atoms with Crippen LogP contribution in [-0.4, -0.2) is 33.4 Å². The van der Waals surface area contributed by atoms with E-state index < -0.39 is 0 Å². The van der Waals surface area contributed by atoms with Crippen molar-refractivity contribution in [1.82, 2.24) is 25.6 Å². The molecule has 2 N–H and O–H groups in total. The maximum atomic E-state index is 12.1. The van der Waals surface area contributed by atoms with Gasteiger partial charge in [-0.15, -0.1) is 16.4 Å². The minimum Gasteiger partial charge on any atom is -0.350 e. The molecule has 0 spiro atoms. The molecule has 0 saturated heterocycles. The molecule has 3 rings (SSSR count). The summed E-state index contributed by atoms with van der Waals surface area (Å²) in [5.74, 6) is -0.547. The van der Waals surface area contributed by atoms with E-state index in [0.717, 1.165) is 4.88 Å². The van der Waals surface area contributed by atoms with E-state index in [1.165, 1.54) is 4.68 Å². The highest BCUT2D eigenvalue weighted by Gasteiger charge is 2.12. The normalized spacial score (nSPS) is 10.5. The predicted molar refractivity (Wildman–Crippen MR) is 99.3 cm³/mol. The highest BCUT2D eigenvalue weighted by Crippen LogP contribution is 2.14. The molecule has 1 aromatic carbocycles. The monoisotopic (exact) mass is 389 g/mol. The van der Waals surface area contributed by atoms with Gasteiger partial charge in [0.25, 0.3) is 11.8 Å². The van der Waals surface area contributed by atoms with Gasteiger partial charge in [-0.25, -0.2) is 4.68 Å². The Kier molecular flexibility index (Phi) is 5.98. The fourth-order valence-electron chi connectivity index (χ4n) is 2.21. The zero-order valence-electron chi connectivity index (χ0n) is 13.7. The number of amides is 2. The van der Waals surface area contributed by atoms with E-state index in [0.29, 0.717) is 30.2 Å². The highest BCUT2D eigenvalue weighted by atomic mass is 35.5. The summed E-state index contributed by atoms with van der Waals surface area (Å²) in [6.45, 7) is 1.18. The molecular weight excluding hydrogens is 374 g/mol. The Hall–Kier alpha value is -2.71. The van der Waals surface area contributed by atoms with Gasteiger partial charge < -0.3 is 10.6 Å². The van der Waals surface area contributed by atoms with Crippen molar-refractivity contribution in [2.24, 2.45) is 0 Å². The molecule has 0 bridgehead atoms. The molecular formula is C17H16ClN5O2S. The van der Waals surface area contributed by atoms with E-state index in [-0.39, 0.29) is 17.5 Å². The van der Waals surface area contributed by atoms with Crippen LogP contribution >= 0.6 is 22.9 Å². The first-order valence-corrected chi connectivity index (χ1v) is 9.12. The van der Waals surface area contributed by atoms with E-state index in [2.05, 4.69) is 20.9 Å². The number of aromatic nitrogens is 3. The second-order valence-corrected chi connectivity index (χ2v) is 6.80. The summed E-state index contributed by atoms with van der Waals surface area (Å²) < 4.78 is 1.51. The van der Waals surface area contributed by atoms with Crippen LogP contribution in [0.2, 0.25) is 5.02 Å². The van der Waals surface area contributed by atoms with Crippen molar-refractivity contribution in [2.45, 2.75) is 13.1 Å². The largest absolute Gasteiger partial charge is 0.350 e. The predicted octanol–water partition coefficient (Wildman–Crippen LogP) is 2.35. The van der Waals surface area contributed by atoms with Gasteiger partial charge in [-0.1, -0.05) is 35.0 Å². The molecule has 9 heteroatoms. The lowest BCUT2D eigenvalue weighted by atomic mass is 10.2. The van der Waals surface area contributed by atoms with E-state index in [1.54, 1.807) is 41.8 Å². The molecule has 0 saturated carbocycles. The molecule has 26 heavy (non-hydrogen) atoms. The van der Waals surface area contributed by atoms with Gasteiger partial charge >= 0.3 is 0 Å².